The van der Waals surface area contributed by atoms with E-state index < -0.39 is 0 Å². The third-order valence-corrected chi connectivity index (χ3v) is 2.56. The lowest BCUT2D eigenvalue weighted by Gasteiger charge is -2.04. The third kappa shape index (κ3) is 4.95. The number of alkyl halides is 1. The molecule has 0 aliphatic heterocycles. The number of carbonyl (C=O) groups excluding carboxylic acids is 1. The highest BCUT2D eigenvalue weighted by atomic mass is 79.9. The summed E-state index contributed by atoms with van der Waals surface area (Å²) < 4.78 is 0. The van der Waals surface area contributed by atoms with Crippen molar-refractivity contribution >= 4 is 21.9 Å². The van der Waals surface area contributed by atoms with E-state index in [-0.39, 0.29) is 5.97 Å². The molecular formula is C11H14BrNO2. The molecule has 15 heavy (non-hydrogen) atoms. The Hall–Kier alpha value is -0.870. The summed E-state index contributed by atoms with van der Waals surface area (Å²) in [4.78, 5) is 15.1. The van der Waals surface area contributed by atoms with Gasteiger partial charge in [-0.05, 0) is 17.5 Å². The molecule has 0 aromatic heterocycles. The number of benzene rings is 1. The molecule has 1 rings (SSSR count). The van der Waals surface area contributed by atoms with Gasteiger partial charge in [0.05, 0.1) is 0 Å². The highest BCUT2D eigenvalue weighted by molar-refractivity contribution is 9.08. The minimum atomic E-state index is -0.315. The number of rotatable bonds is 5. The molecule has 0 atom stereocenters. The first-order chi connectivity index (χ1) is 7.22. The van der Waals surface area contributed by atoms with Gasteiger partial charge in [0.2, 0.25) is 0 Å². The van der Waals surface area contributed by atoms with E-state index in [1.54, 1.807) is 0 Å². The summed E-state index contributed by atoms with van der Waals surface area (Å²) in [5, 5.41) is 0.874. The molecule has 0 heterocycles. The number of halogens is 1. The smallest absolute Gasteiger partial charge is 0.321 e. The summed E-state index contributed by atoms with van der Waals surface area (Å²) in [6, 6.07) is 8.31. The van der Waals surface area contributed by atoms with Crippen LogP contribution in [0.25, 0.3) is 0 Å². The summed E-state index contributed by atoms with van der Waals surface area (Å²) >= 11 is 3.39. The third-order valence-electron chi connectivity index (χ3n) is 1.91. The molecule has 0 saturated heterocycles. The van der Waals surface area contributed by atoms with Gasteiger partial charge in [0.25, 0.3) is 0 Å². The van der Waals surface area contributed by atoms with Gasteiger partial charge in [0, 0.05) is 18.8 Å². The Bertz CT molecular complexity index is 311. The van der Waals surface area contributed by atoms with Crippen molar-refractivity contribution in [3.8, 4) is 0 Å². The first-order valence-electron chi connectivity index (χ1n) is 4.76. The van der Waals surface area contributed by atoms with Gasteiger partial charge in [-0.15, -0.1) is 0 Å². The second kappa shape index (κ2) is 6.58. The highest BCUT2D eigenvalue weighted by Crippen LogP contribution is 2.07. The van der Waals surface area contributed by atoms with Gasteiger partial charge in [-0.25, -0.2) is 0 Å². The summed E-state index contributed by atoms with van der Waals surface area (Å²) in [5.41, 5.74) is 5.08. The molecule has 0 aliphatic rings. The van der Waals surface area contributed by atoms with Crippen LogP contribution in [0.5, 0.6) is 0 Å². The second-order valence-electron chi connectivity index (χ2n) is 3.19. The van der Waals surface area contributed by atoms with Crippen LogP contribution >= 0.6 is 15.9 Å². The summed E-state index contributed by atoms with van der Waals surface area (Å²) in [6.07, 6.45) is 0.843. The second-order valence-corrected chi connectivity index (χ2v) is 3.75. The fraction of sp³-hybridized carbons (Fsp3) is 0.364. The van der Waals surface area contributed by atoms with Crippen LogP contribution in [0.2, 0.25) is 0 Å². The minimum absolute atomic E-state index is 0.315. The van der Waals surface area contributed by atoms with Gasteiger partial charge in [0.1, 0.15) is 0 Å². The van der Waals surface area contributed by atoms with Crippen LogP contribution in [0.15, 0.2) is 24.3 Å². The Morgan fingerprint density at radius 2 is 1.93 bits per heavy atom. The Morgan fingerprint density at radius 1 is 1.33 bits per heavy atom. The quantitative estimate of drug-likeness (QED) is 0.507. The van der Waals surface area contributed by atoms with E-state index in [9.17, 15) is 4.79 Å². The van der Waals surface area contributed by atoms with Crippen molar-refractivity contribution < 1.29 is 9.63 Å². The molecule has 1 aromatic carbocycles. The van der Waals surface area contributed by atoms with Gasteiger partial charge in [-0.2, -0.15) is 5.48 Å². The van der Waals surface area contributed by atoms with Crippen LogP contribution in [-0.2, 0) is 21.4 Å². The Morgan fingerprint density at radius 3 is 2.47 bits per heavy atom. The molecule has 0 fully saturated rings. The van der Waals surface area contributed by atoms with E-state index in [0.717, 1.165) is 11.8 Å². The largest absolute Gasteiger partial charge is 0.371 e. The molecule has 0 unspecified atom stereocenters. The molecule has 3 nitrogen and oxygen atoms in total. The maximum Gasteiger partial charge on any atom is 0.321 e. The zero-order valence-corrected chi connectivity index (χ0v) is 10.2. The van der Waals surface area contributed by atoms with E-state index in [1.165, 1.54) is 18.1 Å². The van der Waals surface area contributed by atoms with E-state index in [2.05, 4.69) is 50.5 Å². The number of hydroxylamine groups is 1. The van der Waals surface area contributed by atoms with Gasteiger partial charge >= 0.3 is 5.97 Å². The Labute approximate surface area is 97.9 Å². The van der Waals surface area contributed by atoms with Gasteiger partial charge in [0.15, 0.2) is 0 Å². The van der Waals surface area contributed by atoms with E-state index in [4.69, 9.17) is 0 Å². The number of carbonyl (C=O) groups is 1. The summed E-state index contributed by atoms with van der Waals surface area (Å²) in [5.74, 6) is -0.315. The zero-order chi connectivity index (χ0) is 11.1. The first kappa shape index (κ1) is 12.2. The predicted octanol–water partition coefficient (Wildman–Crippen LogP) is 2.19. The lowest BCUT2D eigenvalue weighted by molar-refractivity contribution is -0.148. The van der Waals surface area contributed by atoms with Crippen LogP contribution in [0.3, 0.4) is 0 Å². The number of nitrogens with one attached hydrogen (secondary N) is 1. The van der Waals surface area contributed by atoms with Crippen molar-refractivity contribution in [1.29, 1.82) is 0 Å². The Balaban J connectivity index is 2.28. The van der Waals surface area contributed by atoms with Crippen molar-refractivity contribution in [2.75, 3.05) is 6.54 Å². The van der Waals surface area contributed by atoms with Crippen LogP contribution < -0.4 is 5.48 Å². The molecule has 0 aliphatic carbocycles. The zero-order valence-electron chi connectivity index (χ0n) is 8.63. The summed E-state index contributed by atoms with van der Waals surface area (Å²) in [6.45, 7) is 2.00. The SMILES string of the molecule is CC(=O)ONCCc1ccc(CBr)cc1. The fourth-order valence-corrected chi connectivity index (χ4v) is 1.52. The highest BCUT2D eigenvalue weighted by Gasteiger charge is 1.95. The molecule has 0 bridgehead atoms. The van der Waals surface area contributed by atoms with Crippen molar-refractivity contribution in [2.45, 2.75) is 18.7 Å². The number of hydrogen-bond acceptors (Lipinski definition) is 3. The molecule has 4 heteroatoms. The van der Waals surface area contributed by atoms with Crippen LogP contribution in [0.1, 0.15) is 18.1 Å². The van der Waals surface area contributed by atoms with Crippen LogP contribution in [-0.4, -0.2) is 12.5 Å². The molecule has 1 aromatic rings. The Kier molecular flexibility index (Phi) is 5.36. The van der Waals surface area contributed by atoms with Crippen LogP contribution in [0, 0.1) is 0 Å². The van der Waals surface area contributed by atoms with Gasteiger partial charge < -0.3 is 4.84 Å². The van der Waals surface area contributed by atoms with Crippen molar-refractivity contribution in [3.05, 3.63) is 35.4 Å². The normalized spacial score (nSPS) is 10.0. The molecule has 0 spiro atoms. The van der Waals surface area contributed by atoms with Crippen molar-refractivity contribution in [1.82, 2.24) is 5.48 Å². The molecule has 0 radical (unpaired) electrons. The predicted molar refractivity (Wildman–Crippen MR) is 62.5 cm³/mol. The maximum absolute atomic E-state index is 10.4. The van der Waals surface area contributed by atoms with E-state index in [0.29, 0.717) is 6.54 Å². The molecule has 0 saturated carbocycles. The van der Waals surface area contributed by atoms with Crippen molar-refractivity contribution in [3.63, 3.8) is 0 Å². The maximum atomic E-state index is 10.4. The first-order valence-corrected chi connectivity index (χ1v) is 5.88. The minimum Gasteiger partial charge on any atom is -0.371 e. The lowest BCUT2D eigenvalue weighted by Crippen LogP contribution is -2.20. The van der Waals surface area contributed by atoms with Crippen molar-refractivity contribution in [2.24, 2.45) is 0 Å². The molecular weight excluding hydrogens is 258 g/mol. The molecule has 82 valence electrons. The van der Waals surface area contributed by atoms with Crippen LogP contribution in [0.4, 0.5) is 0 Å². The average Bonchev–Trinajstić information content (AvgIpc) is 2.25. The monoisotopic (exact) mass is 271 g/mol. The van der Waals surface area contributed by atoms with E-state index >= 15 is 0 Å². The topological polar surface area (TPSA) is 38.3 Å². The number of hydrogen-bond donors (Lipinski definition) is 1. The molecule has 0 amide bonds. The average molecular weight is 272 g/mol. The van der Waals surface area contributed by atoms with Gasteiger partial charge in [-0.1, -0.05) is 40.2 Å². The van der Waals surface area contributed by atoms with E-state index in [1.807, 2.05) is 0 Å². The molecule has 1 N–H and O–H groups in total. The fourth-order valence-electron chi connectivity index (χ4n) is 1.14. The standard InChI is InChI=1S/C11H14BrNO2/c1-9(14)15-13-7-6-10-2-4-11(8-12)5-3-10/h2-5,13H,6-8H2,1H3. The van der Waals surface area contributed by atoms with Gasteiger partial charge in [-0.3, -0.25) is 4.79 Å². The lowest BCUT2D eigenvalue weighted by atomic mass is 10.1. The summed E-state index contributed by atoms with van der Waals surface area (Å²) in [7, 11) is 0.